The third kappa shape index (κ3) is 1.55. The largest absolute Gasteiger partial charge is 0.281 e. The lowest BCUT2D eigenvalue weighted by Crippen LogP contribution is -2.57. The maximum absolute atomic E-state index is 6.24. The quantitative estimate of drug-likeness (QED) is 0.805. The summed E-state index contributed by atoms with van der Waals surface area (Å²) in [6.45, 7) is 3.86. The maximum Gasteiger partial charge on any atom is 0.192 e. The minimum Gasteiger partial charge on any atom is -0.281 e. The van der Waals surface area contributed by atoms with E-state index in [0.717, 1.165) is 13.1 Å². The van der Waals surface area contributed by atoms with Gasteiger partial charge in [-0.2, -0.15) is 0 Å². The molecule has 0 saturated heterocycles. The van der Waals surface area contributed by atoms with Gasteiger partial charge in [-0.05, 0) is 11.5 Å². The fourth-order valence-corrected chi connectivity index (χ4v) is 2.77. The molecule has 0 radical (unpaired) electrons. The van der Waals surface area contributed by atoms with Gasteiger partial charge >= 0.3 is 0 Å². The third-order valence-electron chi connectivity index (χ3n) is 3.83. The summed E-state index contributed by atoms with van der Waals surface area (Å²) >= 11 is 0. The minimum atomic E-state index is 0.0158. The molecular formula is C15H18N3+. The van der Waals surface area contributed by atoms with Crippen molar-refractivity contribution in [1.29, 1.82) is 0 Å². The molecule has 2 aromatic rings. The minimum absolute atomic E-state index is 0.0158. The Morgan fingerprint density at radius 2 is 1.94 bits per heavy atom. The topological polar surface area (TPSA) is 38.4 Å². The fourth-order valence-electron chi connectivity index (χ4n) is 2.77. The molecule has 0 spiro atoms. The molecule has 3 rings (SSSR count). The Labute approximate surface area is 107 Å². The van der Waals surface area contributed by atoms with Crippen LogP contribution in [0.2, 0.25) is 0 Å². The lowest BCUT2D eigenvalue weighted by molar-refractivity contribution is 0.370. The highest BCUT2D eigenvalue weighted by molar-refractivity contribution is 5.97. The van der Waals surface area contributed by atoms with E-state index in [1.807, 2.05) is 6.34 Å². The van der Waals surface area contributed by atoms with Crippen LogP contribution in [-0.2, 0) is 0 Å². The van der Waals surface area contributed by atoms with Crippen LogP contribution in [0.3, 0.4) is 0 Å². The van der Waals surface area contributed by atoms with E-state index in [4.69, 9.17) is 5.73 Å². The number of nitrogens with two attached hydrogens (primary N) is 1. The summed E-state index contributed by atoms with van der Waals surface area (Å²) in [5.74, 6) is 0. The molecule has 0 aromatic heterocycles. The van der Waals surface area contributed by atoms with Crippen LogP contribution in [0.5, 0.6) is 0 Å². The number of hydrogen-bond acceptors (Lipinski definition) is 2. The monoisotopic (exact) mass is 240 g/mol. The molecule has 0 fully saturated rings. The van der Waals surface area contributed by atoms with E-state index in [2.05, 4.69) is 54.4 Å². The second-order valence-corrected chi connectivity index (χ2v) is 4.91. The summed E-state index contributed by atoms with van der Waals surface area (Å²) in [6.07, 6.45) is 2.02. The Balaban J connectivity index is 2.28. The second kappa shape index (κ2) is 4.19. The van der Waals surface area contributed by atoms with Crippen molar-refractivity contribution in [2.75, 3.05) is 13.1 Å². The van der Waals surface area contributed by atoms with Crippen LogP contribution < -0.4 is 10.2 Å². The SMILES string of the molecule is CC(N)[N+]1(c2cccc3ccccc23)C=NCC1. The van der Waals surface area contributed by atoms with Crippen molar-refractivity contribution in [2.24, 2.45) is 10.7 Å². The van der Waals surface area contributed by atoms with Gasteiger partial charge in [0.1, 0.15) is 18.4 Å². The Morgan fingerprint density at radius 3 is 2.67 bits per heavy atom. The van der Waals surface area contributed by atoms with Gasteiger partial charge in [0.15, 0.2) is 6.34 Å². The molecule has 18 heavy (non-hydrogen) atoms. The van der Waals surface area contributed by atoms with Crippen LogP contribution in [0.15, 0.2) is 47.5 Å². The molecule has 0 amide bonds. The number of rotatable bonds is 2. The molecule has 3 nitrogen and oxygen atoms in total. The number of nitrogens with zero attached hydrogens (tertiary/aromatic N) is 2. The maximum atomic E-state index is 6.24. The predicted octanol–water partition coefficient (Wildman–Crippen LogP) is 2.49. The first-order chi connectivity index (χ1) is 8.74. The summed E-state index contributed by atoms with van der Waals surface area (Å²) in [4.78, 5) is 4.41. The lowest BCUT2D eigenvalue weighted by atomic mass is 10.1. The molecule has 92 valence electrons. The highest BCUT2D eigenvalue weighted by Gasteiger charge is 2.37. The Kier molecular flexibility index (Phi) is 2.65. The average Bonchev–Trinajstić information content (AvgIpc) is 2.88. The van der Waals surface area contributed by atoms with Crippen molar-refractivity contribution in [3.63, 3.8) is 0 Å². The Morgan fingerprint density at radius 1 is 1.17 bits per heavy atom. The van der Waals surface area contributed by atoms with Gasteiger partial charge in [0.2, 0.25) is 0 Å². The van der Waals surface area contributed by atoms with Crippen molar-refractivity contribution >= 4 is 22.8 Å². The first-order valence-electron chi connectivity index (χ1n) is 6.36. The van der Waals surface area contributed by atoms with Gasteiger partial charge < -0.3 is 0 Å². The zero-order valence-electron chi connectivity index (χ0n) is 10.6. The summed E-state index contributed by atoms with van der Waals surface area (Å²) in [5.41, 5.74) is 7.49. The van der Waals surface area contributed by atoms with Crippen molar-refractivity contribution < 1.29 is 0 Å². The summed E-state index contributed by atoms with van der Waals surface area (Å²) in [5, 5.41) is 2.53. The first kappa shape index (κ1) is 11.4. The molecule has 0 bridgehead atoms. The van der Waals surface area contributed by atoms with Crippen molar-refractivity contribution in [3.05, 3.63) is 42.5 Å². The molecule has 0 saturated carbocycles. The number of aliphatic imine (C=N–C) groups is 1. The number of fused-ring (bicyclic) bond motifs is 1. The van der Waals surface area contributed by atoms with Gasteiger partial charge in [0.25, 0.3) is 0 Å². The van der Waals surface area contributed by atoms with Crippen molar-refractivity contribution in [2.45, 2.75) is 13.1 Å². The molecule has 0 aliphatic carbocycles. The molecule has 2 aromatic carbocycles. The van der Waals surface area contributed by atoms with Gasteiger partial charge in [-0.25, -0.2) is 9.48 Å². The molecule has 2 unspecified atom stereocenters. The summed E-state index contributed by atoms with van der Waals surface area (Å²) < 4.78 is 0.654. The highest BCUT2D eigenvalue weighted by atomic mass is 15.5. The van der Waals surface area contributed by atoms with Crippen molar-refractivity contribution in [1.82, 2.24) is 4.48 Å². The van der Waals surface area contributed by atoms with E-state index in [-0.39, 0.29) is 6.17 Å². The zero-order chi connectivity index (χ0) is 12.6. The summed E-state index contributed by atoms with van der Waals surface area (Å²) in [6, 6.07) is 14.9. The van der Waals surface area contributed by atoms with E-state index in [1.165, 1.54) is 16.5 Å². The Hall–Kier alpha value is -1.71. The van der Waals surface area contributed by atoms with Crippen LogP contribution >= 0.6 is 0 Å². The van der Waals surface area contributed by atoms with E-state index < -0.39 is 0 Å². The average molecular weight is 240 g/mol. The fraction of sp³-hybridized carbons (Fsp3) is 0.267. The van der Waals surface area contributed by atoms with Crippen LogP contribution in [0.4, 0.5) is 5.69 Å². The molecule has 1 aliphatic rings. The lowest BCUT2D eigenvalue weighted by Gasteiger charge is -2.34. The molecule has 2 N–H and O–H groups in total. The van der Waals surface area contributed by atoms with Gasteiger partial charge in [0.05, 0.1) is 6.54 Å². The molecule has 2 atom stereocenters. The third-order valence-corrected chi connectivity index (χ3v) is 3.83. The predicted molar refractivity (Wildman–Crippen MR) is 77.6 cm³/mol. The van der Waals surface area contributed by atoms with Gasteiger partial charge in [0, 0.05) is 18.4 Å². The van der Waals surface area contributed by atoms with E-state index in [9.17, 15) is 0 Å². The van der Waals surface area contributed by atoms with Crippen LogP contribution in [0, 0.1) is 0 Å². The van der Waals surface area contributed by atoms with Gasteiger partial charge in [-0.3, -0.25) is 5.73 Å². The van der Waals surface area contributed by atoms with Gasteiger partial charge in [-0.15, -0.1) is 0 Å². The Bertz CT molecular complexity index is 598. The van der Waals surface area contributed by atoms with E-state index in [1.54, 1.807) is 0 Å². The van der Waals surface area contributed by atoms with Gasteiger partial charge in [-0.1, -0.05) is 30.3 Å². The van der Waals surface area contributed by atoms with Crippen LogP contribution in [0.25, 0.3) is 10.8 Å². The molecular weight excluding hydrogens is 222 g/mol. The molecule has 1 aliphatic heterocycles. The standard InChI is InChI=1S/C15H18N3/c1-12(16)18(10-9-17-11-18)15-8-4-6-13-5-2-3-7-14(13)15/h2-8,11-12H,9-10,16H2,1H3/q+1. The van der Waals surface area contributed by atoms with E-state index >= 15 is 0 Å². The van der Waals surface area contributed by atoms with Crippen molar-refractivity contribution in [3.8, 4) is 0 Å². The molecule has 3 heteroatoms. The smallest absolute Gasteiger partial charge is 0.192 e. The second-order valence-electron chi connectivity index (χ2n) is 4.91. The van der Waals surface area contributed by atoms with Crippen LogP contribution in [0.1, 0.15) is 6.92 Å². The number of quaternary nitrogens is 1. The zero-order valence-corrected chi connectivity index (χ0v) is 10.6. The molecule has 1 heterocycles. The van der Waals surface area contributed by atoms with Crippen LogP contribution in [-0.4, -0.2) is 25.6 Å². The van der Waals surface area contributed by atoms with E-state index in [0.29, 0.717) is 4.48 Å². The number of hydrogen-bond donors (Lipinski definition) is 1. The summed E-state index contributed by atoms with van der Waals surface area (Å²) in [7, 11) is 0. The number of benzene rings is 2. The normalized spacial score (nSPS) is 24.6. The highest BCUT2D eigenvalue weighted by Crippen LogP contribution is 2.33. The first-order valence-corrected chi connectivity index (χ1v) is 6.36.